The molecule has 2 aromatic rings. The second-order valence-corrected chi connectivity index (χ2v) is 6.86. The maximum absolute atomic E-state index is 12.4. The zero-order chi connectivity index (χ0) is 19.2. The van der Waals surface area contributed by atoms with Crippen LogP contribution in [0.5, 0.6) is 0 Å². The largest absolute Gasteiger partial charge is 0.372 e. The Kier molecular flexibility index (Phi) is 6.12. The van der Waals surface area contributed by atoms with Gasteiger partial charge >= 0.3 is 0 Å². The molecule has 0 heterocycles. The van der Waals surface area contributed by atoms with Crippen molar-refractivity contribution < 1.29 is 9.59 Å². The number of carbonyl (C=O) groups excluding carboxylic acids is 2. The maximum atomic E-state index is 12.4. The molecule has 5 nitrogen and oxygen atoms in total. The van der Waals surface area contributed by atoms with Gasteiger partial charge in [-0.05, 0) is 50.1 Å². The van der Waals surface area contributed by atoms with E-state index in [4.69, 9.17) is 0 Å². The van der Waals surface area contributed by atoms with E-state index in [2.05, 4.69) is 29.4 Å². The van der Waals surface area contributed by atoms with Gasteiger partial charge in [0.2, 0.25) is 11.8 Å². The lowest BCUT2D eigenvalue weighted by molar-refractivity contribution is -0.125. The number of hydrogen-bond donors (Lipinski definition) is 2. The van der Waals surface area contributed by atoms with E-state index in [-0.39, 0.29) is 23.7 Å². The molecule has 0 aromatic heterocycles. The molecule has 2 atom stereocenters. The lowest BCUT2D eigenvalue weighted by atomic mass is 10.2. The van der Waals surface area contributed by atoms with E-state index in [9.17, 15) is 9.59 Å². The normalized spacial score (nSPS) is 17.9. The fraction of sp³-hybridized carbons (Fsp3) is 0.364. The molecule has 1 fully saturated rings. The van der Waals surface area contributed by atoms with Gasteiger partial charge in [0.15, 0.2) is 0 Å². The summed E-state index contributed by atoms with van der Waals surface area (Å²) in [6.07, 6.45) is 0.615. The molecule has 2 aromatic carbocycles. The molecule has 0 spiro atoms. The van der Waals surface area contributed by atoms with E-state index in [1.54, 1.807) is 0 Å². The van der Waals surface area contributed by atoms with E-state index in [0.29, 0.717) is 13.0 Å². The van der Waals surface area contributed by atoms with Crippen molar-refractivity contribution in [2.45, 2.75) is 26.8 Å². The minimum absolute atomic E-state index is 0.0455. The lowest BCUT2D eigenvalue weighted by Crippen LogP contribution is -2.27. The number of rotatable bonds is 8. The van der Waals surface area contributed by atoms with Crippen LogP contribution in [0, 0.1) is 11.8 Å². The third-order valence-corrected chi connectivity index (χ3v) is 5.04. The molecule has 2 N–H and O–H groups in total. The SMILES string of the molecule is CCN(CC)c1ccc(NC(=O)C2CC2C(=O)NCc2ccccc2)cc1. The third kappa shape index (κ3) is 4.88. The van der Waals surface area contributed by atoms with Crippen LogP contribution in [0.1, 0.15) is 25.8 Å². The van der Waals surface area contributed by atoms with E-state index < -0.39 is 0 Å². The number of hydrogen-bond acceptors (Lipinski definition) is 3. The van der Waals surface area contributed by atoms with E-state index in [0.717, 1.165) is 30.0 Å². The number of anilines is 2. The number of amides is 2. The van der Waals surface area contributed by atoms with E-state index >= 15 is 0 Å². The second kappa shape index (κ2) is 8.71. The average Bonchev–Trinajstić information content (AvgIpc) is 3.50. The van der Waals surface area contributed by atoms with Crippen molar-refractivity contribution in [1.82, 2.24) is 5.32 Å². The number of nitrogens with one attached hydrogen (secondary N) is 2. The van der Waals surface area contributed by atoms with Gasteiger partial charge < -0.3 is 15.5 Å². The van der Waals surface area contributed by atoms with E-state index in [1.165, 1.54) is 0 Å². The van der Waals surface area contributed by atoms with Crippen molar-refractivity contribution in [3.05, 3.63) is 60.2 Å². The van der Waals surface area contributed by atoms with E-state index in [1.807, 2.05) is 54.6 Å². The van der Waals surface area contributed by atoms with Crippen LogP contribution in [0.4, 0.5) is 11.4 Å². The molecule has 27 heavy (non-hydrogen) atoms. The zero-order valence-electron chi connectivity index (χ0n) is 15.9. The fourth-order valence-corrected chi connectivity index (χ4v) is 3.27. The standard InChI is InChI=1S/C22H27N3O2/c1-3-25(4-2)18-12-10-17(11-13-18)24-22(27)20-14-19(20)21(26)23-15-16-8-6-5-7-9-16/h5-13,19-20H,3-4,14-15H2,1-2H3,(H,23,26)(H,24,27). The minimum atomic E-state index is -0.233. The molecular formula is C22H27N3O2. The first-order chi connectivity index (χ1) is 13.1. The number of carbonyl (C=O) groups is 2. The molecule has 0 bridgehead atoms. The van der Waals surface area contributed by atoms with Crippen LogP contribution in [0.25, 0.3) is 0 Å². The Labute approximate surface area is 160 Å². The Bertz CT molecular complexity index is 770. The quantitative estimate of drug-likeness (QED) is 0.753. The molecule has 0 radical (unpaired) electrons. The number of benzene rings is 2. The first-order valence-corrected chi connectivity index (χ1v) is 9.59. The predicted molar refractivity (Wildman–Crippen MR) is 109 cm³/mol. The van der Waals surface area contributed by atoms with Crippen molar-refractivity contribution >= 4 is 23.2 Å². The van der Waals surface area contributed by atoms with Crippen molar-refractivity contribution in [2.24, 2.45) is 11.8 Å². The van der Waals surface area contributed by atoms with Gasteiger partial charge in [-0.1, -0.05) is 30.3 Å². The molecule has 1 aliphatic carbocycles. The smallest absolute Gasteiger partial charge is 0.228 e. The topological polar surface area (TPSA) is 61.4 Å². The molecule has 5 heteroatoms. The Morgan fingerprint density at radius 2 is 1.56 bits per heavy atom. The summed E-state index contributed by atoms with van der Waals surface area (Å²) in [5, 5.41) is 5.85. The molecule has 3 rings (SSSR count). The molecule has 1 aliphatic rings. The average molecular weight is 365 g/mol. The summed E-state index contributed by atoms with van der Waals surface area (Å²) in [6, 6.07) is 17.6. The van der Waals surface area contributed by atoms with Crippen LogP contribution >= 0.6 is 0 Å². The first-order valence-electron chi connectivity index (χ1n) is 9.59. The molecule has 0 saturated heterocycles. The Morgan fingerprint density at radius 3 is 2.19 bits per heavy atom. The highest BCUT2D eigenvalue weighted by atomic mass is 16.2. The Balaban J connectivity index is 1.47. The highest BCUT2D eigenvalue weighted by Crippen LogP contribution is 2.39. The Morgan fingerprint density at radius 1 is 0.926 bits per heavy atom. The monoisotopic (exact) mass is 365 g/mol. The fourth-order valence-electron chi connectivity index (χ4n) is 3.27. The summed E-state index contributed by atoms with van der Waals surface area (Å²) in [4.78, 5) is 26.9. The summed E-state index contributed by atoms with van der Waals surface area (Å²) in [5.41, 5.74) is 2.97. The highest BCUT2D eigenvalue weighted by molar-refractivity contribution is 5.99. The third-order valence-electron chi connectivity index (χ3n) is 5.04. The summed E-state index contributed by atoms with van der Waals surface area (Å²) in [5.74, 6) is -0.576. The molecule has 2 unspecified atom stereocenters. The predicted octanol–water partition coefficient (Wildman–Crippen LogP) is 3.42. The van der Waals surface area contributed by atoms with Crippen molar-refractivity contribution in [3.63, 3.8) is 0 Å². The second-order valence-electron chi connectivity index (χ2n) is 6.86. The van der Waals surface area contributed by atoms with Gasteiger partial charge in [-0.2, -0.15) is 0 Å². The zero-order valence-corrected chi connectivity index (χ0v) is 15.9. The Hall–Kier alpha value is -2.82. The van der Waals surface area contributed by atoms with Gasteiger partial charge in [-0.25, -0.2) is 0 Å². The highest BCUT2D eigenvalue weighted by Gasteiger charge is 2.47. The van der Waals surface area contributed by atoms with Gasteiger partial charge in [0.25, 0.3) is 0 Å². The van der Waals surface area contributed by atoms with Gasteiger partial charge in [0.1, 0.15) is 0 Å². The van der Waals surface area contributed by atoms with Crippen LogP contribution in [0.15, 0.2) is 54.6 Å². The van der Waals surface area contributed by atoms with Gasteiger partial charge in [-0.3, -0.25) is 9.59 Å². The number of nitrogens with zero attached hydrogens (tertiary/aromatic N) is 1. The van der Waals surface area contributed by atoms with Gasteiger partial charge in [-0.15, -0.1) is 0 Å². The minimum Gasteiger partial charge on any atom is -0.372 e. The van der Waals surface area contributed by atoms with Crippen LogP contribution in [-0.4, -0.2) is 24.9 Å². The van der Waals surface area contributed by atoms with Crippen molar-refractivity contribution in [1.29, 1.82) is 0 Å². The van der Waals surface area contributed by atoms with Crippen LogP contribution in [-0.2, 0) is 16.1 Å². The van der Waals surface area contributed by atoms with Crippen LogP contribution < -0.4 is 15.5 Å². The van der Waals surface area contributed by atoms with Crippen molar-refractivity contribution in [2.75, 3.05) is 23.3 Å². The van der Waals surface area contributed by atoms with Crippen LogP contribution in [0.2, 0.25) is 0 Å². The summed E-state index contributed by atoms with van der Waals surface area (Å²) in [7, 11) is 0. The molecular weight excluding hydrogens is 338 g/mol. The lowest BCUT2D eigenvalue weighted by Gasteiger charge is -2.21. The molecule has 2 amide bonds. The van der Waals surface area contributed by atoms with Gasteiger partial charge in [0.05, 0.1) is 11.8 Å². The summed E-state index contributed by atoms with van der Waals surface area (Å²) < 4.78 is 0. The molecule has 142 valence electrons. The first kappa shape index (κ1) is 19.0. The summed E-state index contributed by atoms with van der Waals surface area (Å²) in [6.45, 7) is 6.63. The summed E-state index contributed by atoms with van der Waals surface area (Å²) >= 11 is 0. The molecule has 0 aliphatic heterocycles. The molecule has 1 saturated carbocycles. The van der Waals surface area contributed by atoms with Crippen molar-refractivity contribution in [3.8, 4) is 0 Å². The van der Waals surface area contributed by atoms with Gasteiger partial charge in [0, 0.05) is 31.0 Å². The van der Waals surface area contributed by atoms with Crippen LogP contribution in [0.3, 0.4) is 0 Å². The maximum Gasteiger partial charge on any atom is 0.228 e.